The van der Waals surface area contributed by atoms with E-state index in [0.717, 1.165) is 5.56 Å². The van der Waals surface area contributed by atoms with E-state index in [2.05, 4.69) is 5.32 Å². The molecule has 164 valence electrons. The molecule has 32 heavy (non-hydrogen) atoms. The molecule has 3 aromatic rings. The summed E-state index contributed by atoms with van der Waals surface area (Å²) >= 11 is 0. The fourth-order valence-electron chi connectivity index (χ4n) is 3.55. The lowest BCUT2D eigenvalue weighted by atomic mass is 10.1. The van der Waals surface area contributed by atoms with Gasteiger partial charge in [0.25, 0.3) is 15.9 Å². The van der Waals surface area contributed by atoms with Crippen LogP contribution in [0.3, 0.4) is 0 Å². The third-order valence-corrected chi connectivity index (χ3v) is 7.01. The lowest BCUT2D eigenvalue weighted by molar-refractivity contribution is -0.118. The van der Waals surface area contributed by atoms with Crippen LogP contribution < -0.4 is 14.4 Å². The number of amides is 1. The quantitative estimate of drug-likeness (QED) is 0.555. The standard InChI is InChI=1S/C24H22N2O5S/c1-17(27)19-6-4-7-20(15-19)25-24(28)16-31-21-9-11-22(12-10-21)32(29,30)26-14-13-18-5-2-3-8-23(18)26/h2-12,15H,13-14,16H2,1H3,(H,25,28). The van der Waals surface area contributed by atoms with Crippen LogP contribution >= 0.6 is 0 Å². The minimum atomic E-state index is -3.68. The summed E-state index contributed by atoms with van der Waals surface area (Å²) in [5.41, 5.74) is 2.72. The molecule has 4 rings (SSSR count). The fraction of sp³-hybridized carbons (Fsp3) is 0.167. The Kier molecular flexibility index (Phi) is 5.96. The van der Waals surface area contributed by atoms with E-state index in [0.29, 0.717) is 35.7 Å². The van der Waals surface area contributed by atoms with Gasteiger partial charge in [-0.25, -0.2) is 8.42 Å². The van der Waals surface area contributed by atoms with Gasteiger partial charge in [0.2, 0.25) is 0 Å². The molecule has 1 N–H and O–H groups in total. The van der Waals surface area contributed by atoms with E-state index in [1.807, 2.05) is 24.3 Å². The third-order valence-electron chi connectivity index (χ3n) is 5.18. The van der Waals surface area contributed by atoms with Crippen LogP contribution in [0.15, 0.2) is 77.7 Å². The molecular formula is C24H22N2O5S. The highest BCUT2D eigenvalue weighted by Crippen LogP contribution is 2.33. The van der Waals surface area contributed by atoms with Gasteiger partial charge >= 0.3 is 0 Å². The van der Waals surface area contributed by atoms with E-state index < -0.39 is 15.9 Å². The first-order valence-electron chi connectivity index (χ1n) is 10.1. The van der Waals surface area contributed by atoms with Crippen molar-refractivity contribution in [2.24, 2.45) is 0 Å². The number of benzene rings is 3. The van der Waals surface area contributed by atoms with Crippen LogP contribution in [0.5, 0.6) is 5.75 Å². The Morgan fingerprint density at radius 3 is 2.50 bits per heavy atom. The summed E-state index contributed by atoms with van der Waals surface area (Å²) in [5, 5.41) is 2.67. The van der Waals surface area contributed by atoms with Gasteiger partial charge in [-0.3, -0.25) is 13.9 Å². The van der Waals surface area contributed by atoms with Crippen LogP contribution in [0.2, 0.25) is 0 Å². The van der Waals surface area contributed by atoms with Gasteiger partial charge < -0.3 is 10.1 Å². The van der Waals surface area contributed by atoms with Gasteiger partial charge in [0.15, 0.2) is 12.4 Å². The molecule has 0 saturated carbocycles. The summed E-state index contributed by atoms with van der Waals surface area (Å²) in [4.78, 5) is 23.8. The highest BCUT2D eigenvalue weighted by Gasteiger charge is 2.30. The zero-order valence-electron chi connectivity index (χ0n) is 17.4. The van der Waals surface area contributed by atoms with Gasteiger partial charge in [-0.2, -0.15) is 0 Å². The molecule has 1 heterocycles. The van der Waals surface area contributed by atoms with Crippen LogP contribution in [0.1, 0.15) is 22.8 Å². The number of para-hydroxylation sites is 1. The highest BCUT2D eigenvalue weighted by atomic mass is 32.2. The summed E-state index contributed by atoms with van der Waals surface area (Å²) in [6.07, 6.45) is 0.682. The molecule has 0 atom stereocenters. The second-order valence-corrected chi connectivity index (χ2v) is 9.26. The van der Waals surface area contributed by atoms with E-state index in [4.69, 9.17) is 4.74 Å². The first-order valence-corrected chi connectivity index (χ1v) is 11.5. The normalized spacial score (nSPS) is 12.8. The van der Waals surface area contributed by atoms with Crippen molar-refractivity contribution in [1.82, 2.24) is 0 Å². The molecule has 0 spiro atoms. The lowest BCUT2D eigenvalue weighted by Gasteiger charge is -2.19. The number of ether oxygens (including phenoxy) is 1. The number of anilines is 2. The fourth-order valence-corrected chi connectivity index (χ4v) is 5.06. The minimum absolute atomic E-state index is 0.0928. The average Bonchev–Trinajstić information content (AvgIpc) is 3.23. The molecule has 7 nitrogen and oxygen atoms in total. The molecule has 1 amide bonds. The van der Waals surface area contributed by atoms with Crippen molar-refractivity contribution >= 4 is 33.1 Å². The molecule has 0 radical (unpaired) electrons. The largest absolute Gasteiger partial charge is 0.484 e. The number of fused-ring (bicyclic) bond motifs is 1. The van der Waals surface area contributed by atoms with Crippen LogP contribution in [0.4, 0.5) is 11.4 Å². The van der Waals surface area contributed by atoms with Gasteiger partial charge in [-0.05, 0) is 61.4 Å². The van der Waals surface area contributed by atoms with Gasteiger partial charge in [-0.15, -0.1) is 0 Å². The van der Waals surface area contributed by atoms with Crippen molar-refractivity contribution in [2.45, 2.75) is 18.2 Å². The van der Waals surface area contributed by atoms with Crippen molar-refractivity contribution < 1.29 is 22.7 Å². The summed E-state index contributed by atoms with van der Waals surface area (Å²) in [7, 11) is -3.68. The first-order chi connectivity index (χ1) is 15.3. The SMILES string of the molecule is CC(=O)c1cccc(NC(=O)COc2ccc(S(=O)(=O)N3CCc4ccccc43)cc2)c1. The predicted octanol–water partition coefficient (Wildman–Crippen LogP) is 3.66. The van der Waals surface area contributed by atoms with E-state index in [1.54, 1.807) is 24.3 Å². The highest BCUT2D eigenvalue weighted by molar-refractivity contribution is 7.92. The Balaban J connectivity index is 1.38. The second-order valence-electron chi connectivity index (χ2n) is 7.40. The van der Waals surface area contributed by atoms with E-state index in [1.165, 1.54) is 35.5 Å². The van der Waals surface area contributed by atoms with Crippen LogP contribution in [-0.2, 0) is 21.2 Å². The molecule has 0 aliphatic carbocycles. The average molecular weight is 451 g/mol. The lowest BCUT2D eigenvalue weighted by Crippen LogP contribution is -2.29. The topological polar surface area (TPSA) is 92.8 Å². The van der Waals surface area contributed by atoms with Crippen LogP contribution in [-0.4, -0.2) is 33.3 Å². The van der Waals surface area contributed by atoms with Crippen LogP contribution in [0.25, 0.3) is 0 Å². The summed E-state index contributed by atoms with van der Waals surface area (Å²) in [5.74, 6) is -0.112. The van der Waals surface area contributed by atoms with Gasteiger partial charge in [-0.1, -0.05) is 30.3 Å². The summed E-state index contributed by atoms with van der Waals surface area (Å²) < 4.78 is 33.0. The number of hydrogen-bond donors (Lipinski definition) is 1. The molecule has 1 aliphatic heterocycles. The maximum Gasteiger partial charge on any atom is 0.264 e. The van der Waals surface area contributed by atoms with Crippen molar-refractivity contribution in [3.05, 3.63) is 83.9 Å². The Hall–Kier alpha value is -3.65. The number of sulfonamides is 1. The molecule has 0 unspecified atom stereocenters. The second kappa shape index (κ2) is 8.84. The van der Waals surface area contributed by atoms with E-state index >= 15 is 0 Å². The maximum absolute atomic E-state index is 13.1. The van der Waals surface area contributed by atoms with Crippen LogP contribution in [0, 0.1) is 0 Å². The molecule has 1 aliphatic rings. The number of hydrogen-bond acceptors (Lipinski definition) is 5. The Morgan fingerprint density at radius 1 is 1.00 bits per heavy atom. The molecule has 0 aromatic heterocycles. The number of carbonyl (C=O) groups excluding carboxylic acids is 2. The first kappa shape index (κ1) is 21.6. The molecule has 3 aromatic carbocycles. The van der Waals surface area contributed by atoms with Gasteiger partial charge in [0, 0.05) is 17.8 Å². The Morgan fingerprint density at radius 2 is 1.75 bits per heavy atom. The number of nitrogens with zero attached hydrogens (tertiary/aromatic N) is 1. The van der Waals surface area contributed by atoms with Crippen molar-refractivity contribution in [1.29, 1.82) is 0 Å². The Bertz CT molecular complexity index is 1270. The summed E-state index contributed by atoms with van der Waals surface area (Å²) in [6, 6.07) is 20.1. The van der Waals surface area contributed by atoms with Gasteiger partial charge in [0.05, 0.1) is 10.6 Å². The molecule has 0 saturated heterocycles. The Labute approximate surface area is 186 Å². The molecule has 0 bridgehead atoms. The summed E-state index contributed by atoms with van der Waals surface area (Å²) in [6.45, 7) is 1.61. The van der Waals surface area contributed by atoms with Crippen molar-refractivity contribution in [2.75, 3.05) is 22.8 Å². The van der Waals surface area contributed by atoms with Crippen molar-refractivity contribution in [3.63, 3.8) is 0 Å². The van der Waals surface area contributed by atoms with E-state index in [9.17, 15) is 18.0 Å². The monoisotopic (exact) mass is 450 g/mol. The number of ketones is 1. The molecular weight excluding hydrogens is 428 g/mol. The third kappa shape index (κ3) is 4.50. The van der Waals surface area contributed by atoms with Gasteiger partial charge in [0.1, 0.15) is 5.75 Å². The predicted molar refractivity (Wildman–Crippen MR) is 122 cm³/mol. The number of nitrogens with one attached hydrogen (secondary N) is 1. The van der Waals surface area contributed by atoms with Crippen molar-refractivity contribution in [3.8, 4) is 5.75 Å². The molecule has 8 heteroatoms. The smallest absolute Gasteiger partial charge is 0.264 e. The number of Topliss-reactive ketones (excluding diaryl/α,β-unsaturated/α-hetero) is 1. The minimum Gasteiger partial charge on any atom is -0.484 e. The zero-order chi connectivity index (χ0) is 22.7. The van der Waals surface area contributed by atoms with E-state index in [-0.39, 0.29) is 17.3 Å². The molecule has 0 fully saturated rings. The number of carbonyl (C=O) groups is 2. The maximum atomic E-state index is 13.1. The zero-order valence-corrected chi connectivity index (χ0v) is 18.3. The number of rotatable bonds is 7.